The number of hydrogen-bond acceptors (Lipinski definition) is 4. The van der Waals surface area contributed by atoms with Gasteiger partial charge in [-0.1, -0.05) is 20.4 Å². The van der Waals surface area contributed by atoms with Crippen LogP contribution in [0.3, 0.4) is 0 Å². The number of amides is 2. The summed E-state index contributed by atoms with van der Waals surface area (Å²) in [5, 5.41) is 2.80. The Balaban J connectivity index is 1.28. The number of likely N-dealkylation sites (tertiary alicyclic amines) is 1. The lowest BCUT2D eigenvalue weighted by atomic mass is 9.83. The molecule has 32 heavy (non-hydrogen) atoms. The Morgan fingerprint density at radius 3 is 2.78 bits per heavy atom. The lowest BCUT2D eigenvalue weighted by Gasteiger charge is -2.42. The third-order valence-electron chi connectivity index (χ3n) is 7.71. The fourth-order valence-electron chi connectivity index (χ4n) is 6.09. The van der Waals surface area contributed by atoms with Crippen LogP contribution in [0.15, 0.2) is 30.5 Å². The van der Waals surface area contributed by atoms with Crippen LogP contribution in [0.2, 0.25) is 0 Å². The number of carbonyl (C=O) groups is 2. The summed E-state index contributed by atoms with van der Waals surface area (Å²) in [5.41, 5.74) is 2.75. The van der Waals surface area contributed by atoms with Crippen LogP contribution in [-0.2, 0) is 11.3 Å². The number of nitrogens with zero attached hydrogens (tertiary/aromatic N) is 2. The van der Waals surface area contributed by atoms with Gasteiger partial charge in [-0.25, -0.2) is 0 Å². The summed E-state index contributed by atoms with van der Waals surface area (Å²) in [6.07, 6.45) is 7.57. The van der Waals surface area contributed by atoms with Gasteiger partial charge < -0.3 is 15.0 Å². The summed E-state index contributed by atoms with van der Waals surface area (Å²) in [4.78, 5) is 29.7. The highest BCUT2D eigenvalue weighted by Gasteiger charge is 2.40. The first kappa shape index (κ1) is 21.5. The molecule has 0 radical (unpaired) electrons. The number of carbonyl (C=O) groups excluding carboxylic acids is 2. The number of rotatable bonds is 4. The number of hydrogen-bond donors (Lipinski definition) is 1. The highest BCUT2D eigenvalue weighted by molar-refractivity contribution is 6.01. The van der Waals surface area contributed by atoms with Crippen LogP contribution in [0.1, 0.15) is 74.7 Å². The number of allylic oxidation sites excluding steroid dienone is 1. The molecule has 1 aromatic rings. The van der Waals surface area contributed by atoms with Crippen molar-refractivity contribution >= 4 is 11.8 Å². The van der Waals surface area contributed by atoms with E-state index in [2.05, 4.69) is 30.6 Å². The van der Waals surface area contributed by atoms with E-state index in [4.69, 9.17) is 4.74 Å². The van der Waals surface area contributed by atoms with Crippen LogP contribution in [-0.4, -0.2) is 52.9 Å². The molecule has 1 unspecified atom stereocenters. The minimum absolute atomic E-state index is 0.0616. The molecule has 1 aliphatic carbocycles. The van der Waals surface area contributed by atoms with E-state index in [-0.39, 0.29) is 17.9 Å². The molecular formula is C26H35N3O3. The van der Waals surface area contributed by atoms with Gasteiger partial charge >= 0.3 is 0 Å². The zero-order valence-electron chi connectivity index (χ0n) is 19.4. The van der Waals surface area contributed by atoms with E-state index >= 15 is 0 Å². The molecule has 6 heteroatoms. The van der Waals surface area contributed by atoms with Crippen LogP contribution >= 0.6 is 0 Å². The summed E-state index contributed by atoms with van der Waals surface area (Å²) >= 11 is 0. The van der Waals surface area contributed by atoms with Gasteiger partial charge in [0.2, 0.25) is 5.91 Å². The number of fused-ring (bicyclic) bond motifs is 1. The first-order chi connectivity index (χ1) is 15.3. The monoisotopic (exact) mass is 437 g/mol. The van der Waals surface area contributed by atoms with E-state index in [1.54, 1.807) is 4.90 Å². The Hall–Kier alpha value is -2.34. The van der Waals surface area contributed by atoms with E-state index in [1.807, 2.05) is 18.2 Å². The van der Waals surface area contributed by atoms with Crippen LogP contribution in [0.25, 0.3) is 0 Å². The van der Waals surface area contributed by atoms with Crippen molar-refractivity contribution in [3.05, 3.63) is 41.6 Å². The van der Waals surface area contributed by atoms with Gasteiger partial charge in [0.1, 0.15) is 17.9 Å². The molecule has 3 fully saturated rings. The van der Waals surface area contributed by atoms with Crippen LogP contribution in [0.5, 0.6) is 5.75 Å². The topological polar surface area (TPSA) is 61.9 Å². The molecule has 0 bridgehead atoms. The molecule has 3 heterocycles. The molecule has 3 atom stereocenters. The molecule has 1 saturated carbocycles. The van der Waals surface area contributed by atoms with Gasteiger partial charge in [0.15, 0.2) is 0 Å². The first-order valence-electron chi connectivity index (χ1n) is 12.1. The van der Waals surface area contributed by atoms with E-state index in [0.29, 0.717) is 36.4 Å². The quantitative estimate of drug-likeness (QED) is 0.777. The second-order valence-corrected chi connectivity index (χ2v) is 10.8. The van der Waals surface area contributed by atoms with E-state index in [1.165, 1.54) is 25.7 Å². The predicted octanol–water partition coefficient (Wildman–Crippen LogP) is 3.86. The molecule has 6 nitrogen and oxygen atoms in total. The third-order valence-corrected chi connectivity index (χ3v) is 7.71. The average molecular weight is 438 g/mol. The molecule has 0 aromatic heterocycles. The highest BCUT2D eigenvalue weighted by Crippen LogP contribution is 2.36. The SMILES string of the molecule is C=C1CCC(N2Cc3cc(O[C@@H]4CCC[C@@H]4N4CCCC(C)(C)C4)ccc3C2=O)C(=O)N1. The molecule has 5 rings (SSSR count). The van der Waals surface area contributed by atoms with Crippen molar-refractivity contribution in [1.82, 2.24) is 15.1 Å². The number of ether oxygens (including phenoxy) is 1. The molecular weight excluding hydrogens is 402 g/mol. The van der Waals surface area contributed by atoms with E-state index in [0.717, 1.165) is 36.5 Å². The van der Waals surface area contributed by atoms with Crippen LogP contribution in [0.4, 0.5) is 0 Å². The second-order valence-electron chi connectivity index (χ2n) is 10.8. The molecule has 1 aromatic carbocycles. The van der Waals surface area contributed by atoms with Crippen molar-refractivity contribution in [3.63, 3.8) is 0 Å². The van der Waals surface area contributed by atoms with Crippen LogP contribution < -0.4 is 10.1 Å². The maximum absolute atomic E-state index is 13.0. The normalized spacial score (nSPS) is 30.4. The minimum atomic E-state index is -0.425. The van der Waals surface area contributed by atoms with Crippen molar-refractivity contribution < 1.29 is 14.3 Å². The van der Waals surface area contributed by atoms with Crippen LogP contribution in [0, 0.1) is 5.41 Å². The van der Waals surface area contributed by atoms with Gasteiger partial charge in [-0.05, 0) is 80.7 Å². The maximum atomic E-state index is 13.0. The zero-order valence-corrected chi connectivity index (χ0v) is 19.4. The summed E-state index contributed by atoms with van der Waals surface area (Å²) in [5.74, 6) is 0.652. The van der Waals surface area contributed by atoms with Crippen molar-refractivity contribution in [2.75, 3.05) is 13.1 Å². The van der Waals surface area contributed by atoms with Gasteiger partial charge in [-0.2, -0.15) is 0 Å². The van der Waals surface area contributed by atoms with Gasteiger partial charge in [-0.15, -0.1) is 0 Å². The molecule has 172 valence electrons. The molecule has 3 aliphatic heterocycles. The second kappa shape index (κ2) is 8.22. The van der Waals surface area contributed by atoms with Gasteiger partial charge in [-0.3, -0.25) is 14.5 Å². The Morgan fingerprint density at radius 2 is 2.00 bits per heavy atom. The Kier molecular flexibility index (Phi) is 5.52. The molecule has 4 aliphatic rings. The molecule has 0 spiro atoms. The summed E-state index contributed by atoms with van der Waals surface area (Å²) in [6.45, 7) is 11.3. The summed E-state index contributed by atoms with van der Waals surface area (Å²) < 4.78 is 6.52. The van der Waals surface area contributed by atoms with Crippen molar-refractivity contribution in [2.45, 2.75) is 83.5 Å². The van der Waals surface area contributed by atoms with Crippen molar-refractivity contribution in [3.8, 4) is 5.75 Å². The lowest BCUT2D eigenvalue weighted by molar-refractivity contribution is -0.126. The largest absolute Gasteiger partial charge is 0.489 e. The molecule has 1 N–H and O–H groups in total. The first-order valence-corrected chi connectivity index (χ1v) is 12.1. The highest BCUT2D eigenvalue weighted by atomic mass is 16.5. The maximum Gasteiger partial charge on any atom is 0.255 e. The fourth-order valence-corrected chi connectivity index (χ4v) is 6.09. The Labute approximate surface area is 191 Å². The summed E-state index contributed by atoms with van der Waals surface area (Å²) in [6, 6.07) is 5.87. The smallest absolute Gasteiger partial charge is 0.255 e. The zero-order chi connectivity index (χ0) is 22.5. The number of piperidine rings is 2. The summed E-state index contributed by atoms with van der Waals surface area (Å²) in [7, 11) is 0. The van der Waals surface area contributed by atoms with Gasteiger partial charge in [0.05, 0.1) is 0 Å². The molecule has 2 saturated heterocycles. The van der Waals surface area contributed by atoms with E-state index < -0.39 is 6.04 Å². The number of nitrogens with one attached hydrogen (secondary N) is 1. The predicted molar refractivity (Wildman–Crippen MR) is 123 cm³/mol. The lowest BCUT2D eigenvalue weighted by Crippen LogP contribution is -2.49. The Morgan fingerprint density at radius 1 is 1.16 bits per heavy atom. The van der Waals surface area contributed by atoms with E-state index in [9.17, 15) is 9.59 Å². The van der Waals surface area contributed by atoms with Crippen molar-refractivity contribution in [1.29, 1.82) is 0 Å². The number of benzene rings is 1. The molecule has 2 amide bonds. The standard InChI is InChI=1S/C26H35N3O3/c1-17-8-11-22(24(30)27-17)29-15-18-14-19(9-10-20(18)25(29)31)32-23-7-4-6-21(23)28-13-5-12-26(2,3)16-28/h9-10,14,21-23H,1,4-8,11-13,15-16H2,2-3H3,(H,27,30)/t21-,22?,23+/m0/s1. The fraction of sp³-hybridized carbons (Fsp3) is 0.615. The van der Waals surface area contributed by atoms with Gasteiger partial charge in [0.25, 0.3) is 5.91 Å². The minimum Gasteiger partial charge on any atom is -0.489 e. The Bertz CT molecular complexity index is 940. The third kappa shape index (κ3) is 4.05. The average Bonchev–Trinajstić information content (AvgIpc) is 3.32. The van der Waals surface area contributed by atoms with Crippen molar-refractivity contribution in [2.24, 2.45) is 5.41 Å². The van der Waals surface area contributed by atoms with Gasteiger partial charge in [0, 0.05) is 30.4 Å².